The third kappa shape index (κ3) is 6.45. The summed E-state index contributed by atoms with van der Waals surface area (Å²) in [4.78, 5) is 36.6. The van der Waals surface area contributed by atoms with E-state index in [1.54, 1.807) is 37.3 Å². The summed E-state index contributed by atoms with van der Waals surface area (Å²) in [6.45, 7) is 3.51. The van der Waals surface area contributed by atoms with Crippen molar-refractivity contribution in [1.29, 1.82) is 0 Å². The molecule has 8 nitrogen and oxygen atoms in total. The number of ketones is 1. The number of carbonyl (C=O) groups is 3. The van der Waals surface area contributed by atoms with Crippen LogP contribution >= 0.6 is 11.6 Å². The molecule has 0 bridgehead atoms. The van der Waals surface area contributed by atoms with Gasteiger partial charge in [0, 0.05) is 46.5 Å². The number of hydrogen-bond acceptors (Lipinski definition) is 6. The lowest BCUT2D eigenvalue weighted by atomic mass is 10.1. The van der Waals surface area contributed by atoms with Crippen molar-refractivity contribution in [2.24, 2.45) is 0 Å². The van der Waals surface area contributed by atoms with Crippen LogP contribution in [0, 0.1) is 13.8 Å². The molecule has 0 aliphatic carbocycles. The van der Waals surface area contributed by atoms with Gasteiger partial charge in [-0.3, -0.25) is 14.4 Å². The van der Waals surface area contributed by atoms with Crippen LogP contribution in [0.25, 0.3) is 0 Å². The molecular formula is C23H27ClN2O6S. The molecular weight excluding hydrogens is 468 g/mol. The van der Waals surface area contributed by atoms with Crippen LogP contribution in [0.4, 0.5) is 0 Å². The zero-order chi connectivity index (χ0) is 24.2. The van der Waals surface area contributed by atoms with Crippen LogP contribution in [0.2, 0.25) is 5.02 Å². The summed E-state index contributed by atoms with van der Waals surface area (Å²) in [5.74, 6) is -0.906. The second-order valence-electron chi connectivity index (χ2n) is 8.16. The molecule has 1 fully saturated rings. The molecule has 1 aromatic heterocycles. The number of amides is 1. The van der Waals surface area contributed by atoms with Gasteiger partial charge in [-0.05, 0) is 57.0 Å². The normalized spacial score (nSPS) is 17.0. The maximum absolute atomic E-state index is 12.6. The zero-order valence-corrected chi connectivity index (χ0v) is 20.2. The maximum Gasteiger partial charge on any atom is 0.306 e. The minimum atomic E-state index is -3.05. The van der Waals surface area contributed by atoms with E-state index in [0.29, 0.717) is 34.7 Å². The number of benzene rings is 1. The van der Waals surface area contributed by atoms with E-state index in [1.807, 2.05) is 11.5 Å². The Morgan fingerprint density at radius 3 is 2.52 bits per heavy atom. The monoisotopic (exact) mass is 494 g/mol. The summed E-state index contributed by atoms with van der Waals surface area (Å²) in [6, 6.07) is 8.00. The number of sulfone groups is 1. The number of carbonyl (C=O) groups excluding carboxylic acids is 3. The molecule has 1 N–H and O–H groups in total. The molecule has 1 atom stereocenters. The highest BCUT2D eigenvalue weighted by Crippen LogP contribution is 2.29. The van der Waals surface area contributed by atoms with Crippen molar-refractivity contribution in [3.63, 3.8) is 0 Å². The van der Waals surface area contributed by atoms with Gasteiger partial charge in [0.15, 0.2) is 16.4 Å². The standard InChI is InChI=1S/C23H27ClN2O6S/c1-15-12-20(16(2)26(15)19-9-11-33(30,31)14-19)21(27)13-32-22(28)4-3-10-25-23(29)17-5-7-18(24)8-6-17/h5-8,12,19H,3-4,9-11,13-14H2,1-2H3,(H,25,29). The summed E-state index contributed by atoms with van der Waals surface area (Å²) >= 11 is 5.80. The molecule has 0 spiro atoms. The fourth-order valence-electron chi connectivity index (χ4n) is 4.03. The van der Waals surface area contributed by atoms with Crippen LogP contribution in [0.1, 0.15) is 57.4 Å². The third-order valence-corrected chi connectivity index (χ3v) is 7.67. The molecule has 2 heterocycles. The molecule has 1 unspecified atom stereocenters. The lowest BCUT2D eigenvalue weighted by molar-refractivity contribution is -0.142. The van der Waals surface area contributed by atoms with Crippen molar-refractivity contribution in [3.05, 3.63) is 57.9 Å². The Kier molecular flexibility index (Phi) is 7.97. The molecule has 2 aromatic rings. The highest BCUT2D eigenvalue weighted by atomic mass is 35.5. The van der Waals surface area contributed by atoms with Gasteiger partial charge in [-0.1, -0.05) is 11.6 Å². The first-order valence-electron chi connectivity index (χ1n) is 10.7. The second-order valence-corrected chi connectivity index (χ2v) is 10.8. The number of aryl methyl sites for hydroxylation is 1. The van der Waals surface area contributed by atoms with E-state index in [-0.39, 0.29) is 48.8 Å². The summed E-state index contributed by atoms with van der Waals surface area (Å²) in [7, 11) is -3.05. The SMILES string of the molecule is Cc1cc(C(=O)COC(=O)CCCNC(=O)c2ccc(Cl)cc2)c(C)n1C1CCS(=O)(=O)C1. The van der Waals surface area contributed by atoms with E-state index in [4.69, 9.17) is 16.3 Å². The number of nitrogens with zero attached hydrogens (tertiary/aromatic N) is 1. The molecule has 3 rings (SSSR count). The number of aromatic nitrogens is 1. The van der Waals surface area contributed by atoms with Gasteiger partial charge >= 0.3 is 5.97 Å². The summed E-state index contributed by atoms with van der Waals surface area (Å²) in [5.41, 5.74) is 2.39. The van der Waals surface area contributed by atoms with Crippen molar-refractivity contribution >= 4 is 39.1 Å². The first kappa shape index (κ1) is 25.0. The number of ether oxygens (including phenoxy) is 1. The van der Waals surface area contributed by atoms with Gasteiger partial charge in [0.05, 0.1) is 11.5 Å². The number of nitrogens with one attached hydrogen (secondary N) is 1. The molecule has 1 amide bonds. The highest BCUT2D eigenvalue weighted by molar-refractivity contribution is 7.91. The van der Waals surface area contributed by atoms with Crippen LogP contribution in [-0.4, -0.2) is 55.3 Å². The number of hydrogen-bond donors (Lipinski definition) is 1. The molecule has 1 saturated heterocycles. The largest absolute Gasteiger partial charge is 0.457 e. The van der Waals surface area contributed by atoms with Crippen LogP contribution in [-0.2, 0) is 19.4 Å². The number of esters is 1. The third-order valence-electron chi connectivity index (χ3n) is 5.67. The molecule has 178 valence electrons. The maximum atomic E-state index is 12.6. The summed E-state index contributed by atoms with van der Waals surface area (Å²) < 4.78 is 30.6. The second kappa shape index (κ2) is 10.5. The van der Waals surface area contributed by atoms with Crippen molar-refractivity contribution in [1.82, 2.24) is 9.88 Å². The van der Waals surface area contributed by atoms with Crippen molar-refractivity contribution in [3.8, 4) is 0 Å². The predicted octanol–water partition coefficient (Wildman–Crippen LogP) is 3.05. The Morgan fingerprint density at radius 1 is 1.18 bits per heavy atom. The van der Waals surface area contributed by atoms with Gasteiger partial charge in [-0.15, -0.1) is 0 Å². The fourth-order valence-corrected chi connectivity index (χ4v) is 5.86. The first-order valence-corrected chi connectivity index (χ1v) is 12.9. The fraction of sp³-hybridized carbons (Fsp3) is 0.435. The highest BCUT2D eigenvalue weighted by Gasteiger charge is 2.31. The summed E-state index contributed by atoms with van der Waals surface area (Å²) in [5, 5.41) is 3.25. The molecule has 0 saturated carbocycles. The van der Waals surface area contributed by atoms with E-state index in [1.165, 1.54) is 0 Å². The quantitative estimate of drug-likeness (QED) is 0.326. The van der Waals surface area contributed by atoms with Gasteiger partial charge < -0.3 is 14.6 Å². The van der Waals surface area contributed by atoms with Crippen LogP contribution < -0.4 is 5.32 Å². The van der Waals surface area contributed by atoms with Crippen molar-refractivity contribution in [2.45, 2.75) is 39.2 Å². The number of Topliss-reactive ketones (excluding diaryl/α,β-unsaturated/α-hetero) is 1. The average Bonchev–Trinajstić information content (AvgIpc) is 3.27. The summed E-state index contributed by atoms with van der Waals surface area (Å²) in [6.07, 6.45) is 0.958. The Balaban J connectivity index is 1.44. The van der Waals surface area contributed by atoms with E-state index < -0.39 is 15.8 Å². The van der Waals surface area contributed by atoms with Crippen molar-refractivity contribution < 1.29 is 27.5 Å². The van der Waals surface area contributed by atoms with Crippen LogP contribution in [0.3, 0.4) is 0 Å². The van der Waals surface area contributed by atoms with Gasteiger partial charge in [-0.25, -0.2) is 8.42 Å². The zero-order valence-electron chi connectivity index (χ0n) is 18.6. The minimum Gasteiger partial charge on any atom is -0.457 e. The van der Waals surface area contributed by atoms with Gasteiger partial charge in [0.1, 0.15) is 0 Å². The average molecular weight is 495 g/mol. The Labute approximate surface area is 198 Å². The Hall–Kier alpha value is -2.65. The van der Waals surface area contributed by atoms with E-state index in [2.05, 4.69) is 5.32 Å². The lowest BCUT2D eigenvalue weighted by Gasteiger charge is -2.16. The van der Waals surface area contributed by atoms with Gasteiger partial charge in [0.25, 0.3) is 5.91 Å². The Morgan fingerprint density at radius 2 is 1.88 bits per heavy atom. The predicted molar refractivity (Wildman–Crippen MR) is 125 cm³/mol. The first-order chi connectivity index (χ1) is 15.6. The number of halogens is 1. The molecule has 1 aromatic carbocycles. The van der Waals surface area contributed by atoms with Gasteiger partial charge in [-0.2, -0.15) is 0 Å². The lowest BCUT2D eigenvalue weighted by Crippen LogP contribution is -2.25. The molecule has 1 aliphatic heterocycles. The van der Waals surface area contributed by atoms with Gasteiger partial charge in [0.2, 0.25) is 5.78 Å². The van der Waals surface area contributed by atoms with Crippen LogP contribution in [0.15, 0.2) is 30.3 Å². The number of rotatable bonds is 9. The van der Waals surface area contributed by atoms with E-state index >= 15 is 0 Å². The molecule has 33 heavy (non-hydrogen) atoms. The molecule has 1 aliphatic rings. The Bertz CT molecular complexity index is 1150. The molecule has 10 heteroatoms. The van der Waals surface area contributed by atoms with Crippen LogP contribution in [0.5, 0.6) is 0 Å². The molecule has 0 radical (unpaired) electrons. The minimum absolute atomic E-state index is 0.0626. The van der Waals surface area contributed by atoms with E-state index in [0.717, 1.165) is 5.69 Å². The smallest absolute Gasteiger partial charge is 0.306 e. The van der Waals surface area contributed by atoms with Crippen molar-refractivity contribution in [2.75, 3.05) is 24.7 Å². The topological polar surface area (TPSA) is 112 Å². The van der Waals surface area contributed by atoms with E-state index in [9.17, 15) is 22.8 Å².